The van der Waals surface area contributed by atoms with Crippen LogP contribution in [-0.4, -0.2) is 13.1 Å². The Labute approximate surface area is 72.6 Å². The predicted molar refractivity (Wildman–Crippen MR) is 45.5 cm³/mol. The van der Waals surface area contributed by atoms with Crippen molar-refractivity contribution < 1.29 is 9.53 Å². The zero-order valence-corrected chi connectivity index (χ0v) is 7.38. The van der Waals surface area contributed by atoms with E-state index in [4.69, 9.17) is 0 Å². The minimum Gasteiger partial charge on any atom is -0.469 e. The normalized spacial score (nSPS) is 37.2. The average molecular weight is 166 g/mol. The van der Waals surface area contributed by atoms with E-state index in [-0.39, 0.29) is 11.4 Å². The van der Waals surface area contributed by atoms with Gasteiger partial charge in [0.05, 0.1) is 13.5 Å². The third kappa shape index (κ3) is 1.15. The van der Waals surface area contributed by atoms with E-state index in [0.29, 0.717) is 6.42 Å². The largest absolute Gasteiger partial charge is 0.469 e. The number of carbonyl (C=O) groups excluding carboxylic acids is 1. The standard InChI is InChI=1S/C10H14O2/c1-12-9(11)7-10-4-2-8(6-10)3-5-10/h2,4,8H,3,5-7H2,1H3. The van der Waals surface area contributed by atoms with Gasteiger partial charge < -0.3 is 4.74 Å². The number of hydrogen-bond acceptors (Lipinski definition) is 2. The highest BCUT2D eigenvalue weighted by Crippen LogP contribution is 2.51. The van der Waals surface area contributed by atoms with Crippen LogP contribution in [0.4, 0.5) is 0 Å². The van der Waals surface area contributed by atoms with Gasteiger partial charge in [-0.2, -0.15) is 0 Å². The molecule has 2 nitrogen and oxygen atoms in total. The Balaban J connectivity index is 2.03. The molecule has 0 amide bonds. The Morgan fingerprint density at radius 1 is 1.75 bits per heavy atom. The van der Waals surface area contributed by atoms with Gasteiger partial charge in [0.1, 0.15) is 0 Å². The van der Waals surface area contributed by atoms with Gasteiger partial charge in [-0.15, -0.1) is 0 Å². The van der Waals surface area contributed by atoms with Gasteiger partial charge in [0.2, 0.25) is 0 Å². The molecule has 2 aliphatic carbocycles. The molecule has 1 fully saturated rings. The van der Waals surface area contributed by atoms with Crippen LogP contribution in [0.25, 0.3) is 0 Å². The van der Waals surface area contributed by atoms with Crippen molar-refractivity contribution in [3.05, 3.63) is 12.2 Å². The molecule has 2 atom stereocenters. The Morgan fingerprint density at radius 3 is 3.00 bits per heavy atom. The smallest absolute Gasteiger partial charge is 0.306 e. The highest BCUT2D eigenvalue weighted by Gasteiger charge is 2.42. The molecule has 0 aromatic carbocycles. The van der Waals surface area contributed by atoms with E-state index >= 15 is 0 Å². The minimum atomic E-state index is -0.0674. The van der Waals surface area contributed by atoms with Crippen molar-refractivity contribution >= 4 is 5.97 Å². The van der Waals surface area contributed by atoms with Crippen molar-refractivity contribution in [1.29, 1.82) is 0 Å². The SMILES string of the molecule is COC(=O)CC12C=CC(CC1)C2. The number of allylic oxidation sites excluding steroid dienone is 2. The fraction of sp³-hybridized carbons (Fsp3) is 0.700. The molecule has 0 aliphatic heterocycles. The lowest BCUT2D eigenvalue weighted by Crippen LogP contribution is -2.18. The Bertz CT molecular complexity index is 232. The minimum absolute atomic E-state index is 0.0674. The van der Waals surface area contributed by atoms with Crippen LogP contribution in [0.15, 0.2) is 12.2 Å². The molecule has 66 valence electrons. The summed E-state index contributed by atoms with van der Waals surface area (Å²) in [4.78, 5) is 11.1. The number of ether oxygens (including phenoxy) is 1. The number of rotatable bonds is 2. The average Bonchev–Trinajstić information content (AvgIpc) is 2.63. The van der Waals surface area contributed by atoms with Gasteiger partial charge in [-0.1, -0.05) is 12.2 Å². The molecule has 0 aromatic rings. The van der Waals surface area contributed by atoms with E-state index in [1.807, 2.05) is 0 Å². The quantitative estimate of drug-likeness (QED) is 0.462. The molecule has 0 heterocycles. The number of carbonyl (C=O) groups is 1. The molecule has 12 heavy (non-hydrogen) atoms. The maximum absolute atomic E-state index is 11.1. The van der Waals surface area contributed by atoms with Gasteiger partial charge in [-0.05, 0) is 30.6 Å². The zero-order valence-electron chi connectivity index (χ0n) is 7.38. The summed E-state index contributed by atoms with van der Waals surface area (Å²) in [6.07, 6.45) is 8.65. The van der Waals surface area contributed by atoms with Gasteiger partial charge in [0.15, 0.2) is 0 Å². The van der Waals surface area contributed by atoms with E-state index in [1.165, 1.54) is 26.4 Å². The van der Waals surface area contributed by atoms with Crippen LogP contribution in [0.2, 0.25) is 0 Å². The summed E-state index contributed by atoms with van der Waals surface area (Å²) in [5.74, 6) is 0.678. The van der Waals surface area contributed by atoms with Crippen LogP contribution >= 0.6 is 0 Å². The molecule has 1 saturated carbocycles. The molecule has 0 spiro atoms. The summed E-state index contributed by atoms with van der Waals surface area (Å²) in [5.41, 5.74) is 0.178. The first-order chi connectivity index (χ1) is 5.74. The number of hydrogen-bond donors (Lipinski definition) is 0. The predicted octanol–water partition coefficient (Wildman–Crippen LogP) is 1.91. The van der Waals surface area contributed by atoms with E-state index < -0.39 is 0 Å². The monoisotopic (exact) mass is 166 g/mol. The summed E-state index contributed by atoms with van der Waals surface area (Å²) in [7, 11) is 1.46. The van der Waals surface area contributed by atoms with Crippen LogP contribution in [0.1, 0.15) is 25.7 Å². The second kappa shape index (κ2) is 2.61. The highest BCUT2D eigenvalue weighted by molar-refractivity contribution is 5.70. The summed E-state index contributed by atoms with van der Waals surface area (Å²) >= 11 is 0. The van der Waals surface area contributed by atoms with E-state index in [2.05, 4.69) is 16.9 Å². The number of methoxy groups -OCH3 is 1. The molecule has 0 saturated heterocycles. The first-order valence-electron chi connectivity index (χ1n) is 4.50. The number of fused-ring (bicyclic) bond motifs is 2. The Kier molecular flexibility index (Phi) is 1.71. The second-order valence-corrected chi connectivity index (χ2v) is 3.98. The van der Waals surface area contributed by atoms with Crippen LogP contribution in [0, 0.1) is 11.3 Å². The van der Waals surface area contributed by atoms with E-state index in [9.17, 15) is 4.79 Å². The maximum atomic E-state index is 11.1. The molecule has 2 bridgehead atoms. The summed E-state index contributed by atoms with van der Waals surface area (Å²) < 4.78 is 4.68. The highest BCUT2D eigenvalue weighted by atomic mass is 16.5. The third-order valence-electron chi connectivity index (χ3n) is 3.13. The van der Waals surface area contributed by atoms with Crippen LogP contribution in [-0.2, 0) is 9.53 Å². The first-order valence-corrected chi connectivity index (χ1v) is 4.50. The Morgan fingerprint density at radius 2 is 2.58 bits per heavy atom. The molecular formula is C10H14O2. The molecule has 2 aliphatic rings. The van der Waals surface area contributed by atoms with Gasteiger partial charge in [-0.3, -0.25) is 4.79 Å². The summed E-state index contributed by atoms with van der Waals surface area (Å²) in [6.45, 7) is 0. The van der Waals surface area contributed by atoms with Crippen LogP contribution in [0.5, 0.6) is 0 Å². The molecular weight excluding hydrogens is 152 g/mol. The lowest BCUT2D eigenvalue weighted by molar-refractivity contribution is -0.142. The molecule has 2 heteroatoms. The molecule has 2 unspecified atom stereocenters. The fourth-order valence-corrected chi connectivity index (χ4v) is 2.43. The molecule has 2 rings (SSSR count). The van der Waals surface area contributed by atoms with Crippen molar-refractivity contribution in [3.63, 3.8) is 0 Å². The van der Waals surface area contributed by atoms with Crippen molar-refractivity contribution in [2.75, 3.05) is 7.11 Å². The van der Waals surface area contributed by atoms with Gasteiger partial charge in [0.25, 0.3) is 0 Å². The molecule has 0 N–H and O–H groups in total. The zero-order chi connectivity index (χ0) is 8.60. The van der Waals surface area contributed by atoms with Gasteiger partial charge >= 0.3 is 5.97 Å². The molecule has 0 radical (unpaired) electrons. The first kappa shape index (κ1) is 7.84. The Hall–Kier alpha value is -0.790. The van der Waals surface area contributed by atoms with Crippen LogP contribution in [0.3, 0.4) is 0 Å². The summed E-state index contributed by atoms with van der Waals surface area (Å²) in [5, 5.41) is 0. The number of esters is 1. The molecule has 0 aromatic heterocycles. The van der Waals surface area contributed by atoms with Gasteiger partial charge in [0, 0.05) is 0 Å². The van der Waals surface area contributed by atoms with E-state index in [0.717, 1.165) is 5.92 Å². The lowest BCUT2D eigenvalue weighted by Gasteiger charge is -2.21. The second-order valence-electron chi connectivity index (χ2n) is 3.98. The third-order valence-corrected chi connectivity index (χ3v) is 3.13. The topological polar surface area (TPSA) is 26.3 Å². The van der Waals surface area contributed by atoms with Crippen LogP contribution < -0.4 is 0 Å². The fourth-order valence-electron chi connectivity index (χ4n) is 2.43. The lowest BCUT2D eigenvalue weighted by atomic mass is 9.84. The van der Waals surface area contributed by atoms with Crippen molar-refractivity contribution in [3.8, 4) is 0 Å². The van der Waals surface area contributed by atoms with Gasteiger partial charge in [-0.25, -0.2) is 0 Å². The summed E-state index contributed by atoms with van der Waals surface area (Å²) in [6, 6.07) is 0. The van der Waals surface area contributed by atoms with Crippen molar-refractivity contribution in [2.45, 2.75) is 25.7 Å². The van der Waals surface area contributed by atoms with E-state index in [1.54, 1.807) is 0 Å². The van der Waals surface area contributed by atoms with Crippen molar-refractivity contribution in [2.24, 2.45) is 11.3 Å². The maximum Gasteiger partial charge on any atom is 0.306 e. The van der Waals surface area contributed by atoms with Crippen molar-refractivity contribution in [1.82, 2.24) is 0 Å².